The van der Waals surface area contributed by atoms with Crippen molar-refractivity contribution in [2.45, 2.75) is 13.1 Å². The maximum Gasteiger partial charge on any atom is 0.262 e. The van der Waals surface area contributed by atoms with Crippen LogP contribution in [0.5, 0.6) is 0 Å². The number of nitrogens with zero attached hydrogens (tertiary/aromatic N) is 2. The molecule has 0 aliphatic heterocycles. The molecule has 0 saturated carbocycles. The molecule has 6 nitrogen and oxygen atoms in total. The molecule has 5 rings (SSSR count). The Balaban J connectivity index is 1.16. The highest BCUT2D eigenvalue weighted by Gasteiger charge is 2.13. The van der Waals surface area contributed by atoms with E-state index >= 15 is 0 Å². The Morgan fingerprint density at radius 2 is 1.33 bits per heavy atom. The normalized spacial score (nSPS) is 11.5. The van der Waals surface area contributed by atoms with Gasteiger partial charge in [0, 0.05) is 42.4 Å². The molecule has 1 aromatic carbocycles. The van der Waals surface area contributed by atoms with Crippen molar-refractivity contribution in [3.63, 3.8) is 0 Å². The molecular weight excluding hydrogens is 601 g/mol. The summed E-state index contributed by atoms with van der Waals surface area (Å²) < 4.78 is 0. The van der Waals surface area contributed by atoms with E-state index in [4.69, 9.17) is 6.57 Å². The zero-order valence-electron chi connectivity index (χ0n) is 22.0. The number of nitrogens with one attached hydrogen (secondary N) is 2. The molecule has 2 N–H and O–H groups in total. The summed E-state index contributed by atoms with van der Waals surface area (Å²) in [5.74, 6) is -0.903. The van der Waals surface area contributed by atoms with Crippen molar-refractivity contribution in [1.82, 2.24) is 10.6 Å². The molecule has 5 aromatic rings. The van der Waals surface area contributed by atoms with Crippen LogP contribution in [-0.4, -0.2) is 11.8 Å². The fourth-order valence-corrected chi connectivity index (χ4v) is 7.50. The second-order valence-electron chi connectivity index (χ2n) is 8.86. The van der Waals surface area contributed by atoms with E-state index < -0.39 is 11.8 Å². The Hall–Kier alpha value is -4.58. The first-order valence-electron chi connectivity index (χ1n) is 12.6. The second kappa shape index (κ2) is 13.9. The SMILES string of the molecule is [C-]#[N+]C(=Cc1ccc(-c2cccs2)s1)C(=O)NCc1cccc(CNC(=O)C(C#N)=Cc2ccc(-c3cccs3)s2)c1. The molecule has 4 aromatic heterocycles. The molecule has 10 heteroatoms. The molecule has 0 aliphatic rings. The zero-order chi connectivity index (χ0) is 29.3. The van der Waals surface area contributed by atoms with Crippen LogP contribution >= 0.6 is 45.3 Å². The fourth-order valence-electron chi connectivity index (χ4n) is 3.94. The first-order chi connectivity index (χ1) is 20.5. The molecule has 4 heterocycles. The molecule has 2 amide bonds. The van der Waals surface area contributed by atoms with Gasteiger partial charge in [0.25, 0.3) is 17.5 Å². The lowest BCUT2D eigenvalue weighted by Gasteiger charge is -2.08. The van der Waals surface area contributed by atoms with Crippen LogP contribution in [0.1, 0.15) is 20.9 Å². The minimum Gasteiger partial charge on any atom is -0.357 e. The van der Waals surface area contributed by atoms with E-state index in [9.17, 15) is 14.9 Å². The lowest BCUT2D eigenvalue weighted by atomic mass is 10.1. The molecule has 0 atom stereocenters. The highest BCUT2D eigenvalue weighted by Crippen LogP contribution is 2.33. The number of carbonyl (C=O) groups is 2. The van der Waals surface area contributed by atoms with Gasteiger partial charge in [-0.05, 0) is 70.4 Å². The van der Waals surface area contributed by atoms with E-state index in [0.717, 1.165) is 40.4 Å². The highest BCUT2D eigenvalue weighted by molar-refractivity contribution is 7.22. The van der Waals surface area contributed by atoms with E-state index in [1.165, 1.54) is 22.7 Å². The Kier molecular flexibility index (Phi) is 9.55. The van der Waals surface area contributed by atoms with Gasteiger partial charge in [0.15, 0.2) is 0 Å². The predicted octanol–water partition coefficient (Wildman–Crippen LogP) is 8.07. The number of hydrogen-bond donors (Lipinski definition) is 2. The van der Waals surface area contributed by atoms with Crippen LogP contribution in [0, 0.1) is 17.9 Å². The Bertz CT molecular complexity index is 1710. The summed E-state index contributed by atoms with van der Waals surface area (Å²) >= 11 is 6.35. The van der Waals surface area contributed by atoms with Crippen molar-refractivity contribution in [3.05, 3.63) is 127 Å². The quantitative estimate of drug-likeness (QED) is 0.0938. The van der Waals surface area contributed by atoms with Gasteiger partial charge in [-0.2, -0.15) is 5.26 Å². The molecule has 0 spiro atoms. The van der Waals surface area contributed by atoms with Crippen molar-refractivity contribution < 1.29 is 9.59 Å². The number of hydrogen-bond acceptors (Lipinski definition) is 7. The maximum absolute atomic E-state index is 12.7. The van der Waals surface area contributed by atoms with Crippen molar-refractivity contribution >= 4 is 69.3 Å². The zero-order valence-corrected chi connectivity index (χ0v) is 25.3. The molecule has 0 aliphatic carbocycles. The van der Waals surface area contributed by atoms with Crippen LogP contribution in [-0.2, 0) is 22.7 Å². The van der Waals surface area contributed by atoms with Crippen molar-refractivity contribution in [2.24, 2.45) is 0 Å². The van der Waals surface area contributed by atoms with E-state index in [1.54, 1.807) is 34.8 Å². The standard InChI is InChI=1S/C32H22N4O2S4/c1-34-26(17-25-10-12-30(42-25)28-8-4-14-40-28)32(38)36-20-22-6-2-5-21(15-22)19-35-31(37)23(18-33)16-24-9-11-29(41-24)27-7-3-13-39-27/h2-17H,19-20H2,(H,35,37)(H,36,38). The van der Waals surface area contributed by atoms with Crippen LogP contribution in [0.2, 0.25) is 0 Å². The van der Waals surface area contributed by atoms with Crippen molar-refractivity contribution in [1.29, 1.82) is 5.26 Å². The first-order valence-corrected chi connectivity index (χ1v) is 16.0. The highest BCUT2D eigenvalue weighted by atomic mass is 32.1. The van der Waals surface area contributed by atoms with Crippen LogP contribution in [0.3, 0.4) is 0 Å². The lowest BCUT2D eigenvalue weighted by Crippen LogP contribution is -2.25. The average Bonchev–Trinajstić information content (AvgIpc) is 3.83. The van der Waals surface area contributed by atoms with Crippen LogP contribution < -0.4 is 10.6 Å². The van der Waals surface area contributed by atoms with Gasteiger partial charge in [0.2, 0.25) is 0 Å². The summed E-state index contributed by atoms with van der Waals surface area (Å²) in [5.41, 5.74) is 1.70. The molecular formula is C32H22N4O2S4. The Morgan fingerprint density at radius 1 is 0.762 bits per heavy atom. The molecule has 0 fully saturated rings. The largest absolute Gasteiger partial charge is 0.357 e. The number of nitriles is 1. The van der Waals surface area contributed by atoms with Gasteiger partial charge in [-0.15, -0.1) is 45.3 Å². The average molecular weight is 623 g/mol. The summed E-state index contributed by atoms with van der Waals surface area (Å²) in [4.78, 5) is 35.0. The molecule has 42 heavy (non-hydrogen) atoms. The Labute approximate surface area is 259 Å². The maximum atomic E-state index is 12.7. The van der Waals surface area contributed by atoms with Crippen LogP contribution in [0.15, 0.2) is 94.8 Å². The van der Waals surface area contributed by atoms with Crippen molar-refractivity contribution in [3.8, 4) is 25.6 Å². The third kappa shape index (κ3) is 7.38. The first kappa shape index (κ1) is 28.9. The van der Waals surface area contributed by atoms with Gasteiger partial charge in [-0.3, -0.25) is 9.59 Å². The summed E-state index contributed by atoms with van der Waals surface area (Å²) in [6, 6.07) is 25.3. The van der Waals surface area contributed by atoms with Crippen LogP contribution in [0.25, 0.3) is 36.5 Å². The summed E-state index contributed by atoms with van der Waals surface area (Å²) in [6.45, 7) is 7.94. The van der Waals surface area contributed by atoms with Gasteiger partial charge in [-0.25, -0.2) is 4.85 Å². The fraction of sp³-hybridized carbons (Fsp3) is 0.0625. The smallest absolute Gasteiger partial charge is 0.262 e. The summed E-state index contributed by atoms with van der Waals surface area (Å²) in [7, 11) is 0. The molecule has 206 valence electrons. The van der Waals surface area contributed by atoms with Gasteiger partial charge >= 0.3 is 0 Å². The summed E-state index contributed by atoms with van der Waals surface area (Å²) in [5, 5.41) is 19.2. The van der Waals surface area contributed by atoms with Crippen molar-refractivity contribution in [2.75, 3.05) is 0 Å². The minimum absolute atomic E-state index is 0.0158. The van der Waals surface area contributed by atoms with Gasteiger partial charge in [-0.1, -0.05) is 36.4 Å². The summed E-state index contributed by atoms with van der Waals surface area (Å²) in [6.07, 6.45) is 3.21. The third-order valence-corrected chi connectivity index (χ3v) is 10.2. The van der Waals surface area contributed by atoms with Gasteiger partial charge < -0.3 is 10.6 Å². The minimum atomic E-state index is -0.454. The number of amides is 2. The van der Waals surface area contributed by atoms with Gasteiger partial charge in [0.1, 0.15) is 11.6 Å². The third-order valence-electron chi connectivity index (χ3n) is 5.96. The van der Waals surface area contributed by atoms with Gasteiger partial charge in [0.05, 0.1) is 6.57 Å². The Morgan fingerprint density at radius 3 is 1.86 bits per heavy atom. The number of benzene rings is 1. The predicted molar refractivity (Wildman–Crippen MR) is 174 cm³/mol. The van der Waals surface area contributed by atoms with E-state index in [0.29, 0.717) is 0 Å². The van der Waals surface area contributed by atoms with E-state index in [1.807, 2.05) is 89.6 Å². The second-order valence-corrected chi connectivity index (χ2v) is 13.0. The topological polar surface area (TPSA) is 86.3 Å². The lowest BCUT2D eigenvalue weighted by molar-refractivity contribution is -0.118. The molecule has 0 unspecified atom stereocenters. The van der Waals surface area contributed by atoms with Crippen LogP contribution in [0.4, 0.5) is 0 Å². The molecule has 0 saturated heterocycles. The number of rotatable bonds is 10. The number of carbonyl (C=O) groups excluding carboxylic acids is 2. The monoisotopic (exact) mass is 622 g/mol. The number of thiophene rings is 4. The molecule has 0 bridgehead atoms. The van der Waals surface area contributed by atoms with E-state index in [-0.39, 0.29) is 24.4 Å². The molecule has 0 radical (unpaired) electrons. The van der Waals surface area contributed by atoms with E-state index in [2.05, 4.69) is 15.5 Å².